The Hall–Kier alpha value is -0.900. The minimum atomic E-state index is 0.128. The Bertz CT molecular complexity index is 353. The van der Waals surface area contributed by atoms with Crippen molar-refractivity contribution in [3.63, 3.8) is 0 Å². The van der Waals surface area contributed by atoms with Crippen LogP contribution in [0.3, 0.4) is 0 Å². The lowest BCUT2D eigenvalue weighted by Crippen LogP contribution is -2.48. The molecule has 0 saturated carbocycles. The first kappa shape index (κ1) is 13.5. The molecule has 3 heteroatoms. The van der Waals surface area contributed by atoms with Gasteiger partial charge in [-0.2, -0.15) is 0 Å². The van der Waals surface area contributed by atoms with Crippen LogP contribution in [0.5, 0.6) is 0 Å². The molecule has 1 fully saturated rings. The highest BCUT2D eigenvalue weighted by Crippen LogP contribution is 2.25. The molecule has 1 saturated heterocycles. The molecular weight excluding hydrogens is 224 g/mol. The number of nitrogens with zero attached hydrogens (tertiary/aromatic N) is 1. The van der Waals surface area contributed by atoms with Crippen molar-refractivity contribution in [3.8, 4) is 0 Å². The van der Waals surface area contributed by atoms with Crippen molar-refractivity contribution in [2.75, 3.05) is 19.7 Å². The van der Waals surface area contributed by atoms with Gasteiger partial charge in [-0.3, -0.25) is 4.90 Å². The number of benzene rings is 1. The quantitative estimate of drug-likeness (QED) is 0.887. The lowest BCUT2D eigenvalue weighted by molar-refractivity contribution is -0.0477. The second kappa shape index (κ2) is 6.32. The second-order valence-electron chi connectivity index (χ2n) is 5.11. The fourth-order valence-corrected chi connectivity index (χ4v) is 2.74. The first-order chi connectivity index (χ1) is 8.72. The number of morpholine rings is 1. The van der Waals surface area contributed by atoms with Gasteiger partial charge in [-0.05, 0) is 18.9 Å². The zero-order chi connectivity index (χ0) is 13.0. The van der Waals surface area contributed by atoms with Gasteiger partial charge in [0.2, 0.25) is 0 Å². The van der Waals surface area contributed by atoms with Crippen LogP contribution >= 0.6 is 0 Å². The van der Waals surface area contributed by atoms with E-state index in [1.807, 2.05) is 0 Å². The fraction of sp³-hybridized carbons (Fsp3) is 0.600. The molecule has 18 heavy (non-hydrogen) atoms. The van der Waals surface area contributed by atoms with Crippen molar-refractivity contribution >= 4 is 0 Å². The molecule has 0 radical (unpaired) electrons. The largest absolute Gasteiger partial charge is 0.376 e. The molecule has 3 nitrogen and oxygen atoms in total. The van der Waals surface area contributed by atoms with Crippen LogP contribution in [-0.4, -0.2) is 36.7 Å². The Kier molecular flexibility index (Phi) is 4.75. The zero-order valence-corrected chi connectivity index (χ0v) is 11.4. The summed E-state index contributed by atoms with van der Waals surface area (Å²) in [7, 11) is 0. The monoisotopic (exact) mass is 248 g/mol. The van der Waals surface area contributed by atoms with Gasteiger partial charge in [0.1, 0.15) is 0 Å². The van der Waals surface area contributed by atoms with E-state index in [-0.39, 0.29) is 6.04 Å². The number of hydrogen-bond donors (Lipinski definition) is 1. The Labute approximate surface area is 110 Å². The highest BCUT2D eigenvalue weighted by molar-refractivity contribution is 5.20. The number of ether oxygens (including phenoxy) is 1. The van der Waals surface area contributed by atoms with Gasteiger partial charge in [-0.25, -0.2) is 0 Å². The number of rotatable bonds is 4. The predicted molar refractivity (Wildman–Crippen MR) is 74.4 cm³/mol. The summed E-state index contributed by atoms with van der Waals surface area (Å²) in [6.45, 7) is 7.04. The summed E-state index contributed by atoms with van der Waals surface area (Å²) in [6.07, 6.45) is 1.42. The van der Waals surface area contributed by atoms with Crippen LogP contribution in [0.4, 0.5) is 0 Å². The third-order valence-electron chi connectivity index (χ3n) is 3.66. The number of hydrogen-bond acceptors (Lipinski definition) is 3. The SMILES string of the molecule is CCC1CN(C(c2ccccc2)C(C)N)CCO1. The van der Waals surface area contributed by atoms with E-state index in [1.165, 1.54) is 5.56 Å². The fourth-order valence-electron chi connectivity index (χ4n) is 2.74. The van der Waals surface area contributed by atoms with Crippen molar-refractivity contribution in [3.05, 3.63) is 35.9 Å². The van der Waals surface area contributed by atoms with Crippen LogP contribution in [0.25, 0.3) is 0 Å². The molecule has 3 unspecified atom stereocenters. The molecule has 1 heterocycles. The maximum atomic E-state index is 6.20. The van der Waals surface area contributed by atoms with Crippen LogP contribution in [0.1, 0.15) is 31.9 Å². The third kappa shape index (κ3) is 3.10. The van der Waals surface area contributed by atoms with E-state index in [0.717, 1.165) is 26.1 Å². The zero-order valence-electron chi connectivity index (χ0n) is 11.4. The standard InChI is InChI=1S/C15H24N2O/c1-3-14-11-17(9-10-18-14)15(12(2)16)13-7-5-4-6-8-13/h4-8,12,14-15H,3,9-11,16H2,1-2H3. The van der Waals surface area contributed by atoms with E-state index in [0.29, 0.717) is 12.1 Å². The minimum Gasteiger partial charge on any atom is -0.376 e. The summed E-state index contributed by atoms with van der Waals surface area (Å²) in [4.78, 5) is 2.47. The van der Waals surface area contributed by atoms with Gasteiger partial charge in [-0.15, -0.1) is 0 Å². The maximum absolute atomic E-state index is 6.20. The average molecular weight is 248 g/mol. The maximum Gasteiger partial charge on any atom is 0.0700 e. The van der Waals surface area contributed by atoms with Gasteiger partial charge in [0.15, 0.2) is 0 Å². The predicted octanol–water partition coefficient (Wildman–Crippen LogP) is 2.19. The van der Waals surface area contributed by atoms with Gasteiger partial charge in [0.05, 0.1) is 12.7 Å². The van der Waals surface area contributed by atoms with Gasteiger partial charge in [0, 0.05) is 25.2 Å². The van der Waals surface area contributed by atoms with E-state index < -0.39 is 0 Å². The topological polar surface area (TPSA) is 38.5 Å². The van der Waals surface area contributed by atoms with E-state index in [1.54, 1.807) is 0 Å². The summed E-state index contributed by atoms with van der Waals surface area (Å²) >= 11 is 0. The lowest BCUT2D eigenvalue weighted by Gasteiger charge is -2.40. The summed E-state index contributed by atoms with van der Waals surface area (Å²) < 4.78 is 5.74. The van der Waals surface area contributed by atoms with Crippen molar-refractivity contribution in [1.29, 1.82) is 0 Å². The first-order valence-electron chi connectivity index (χ1n) is 6.88. The van der Waals surface area contributed by atoms with Crippen molar-refractivity contribution in [2.24, 2.45) is 5.73 Å². The molecule has 1 aliphatic heterocycles. The molecule has 1 aromatic carbocycles. The van der Waals surface area contributed by atoms with Crippen molar-refractivity contribution < 1.29 is 4.74 Å². The lowest BCUT2D eigenvalue weighted by atomic mass is 9.98. The Balaban J connectivity index is 2.15. The molecule has 1 aliphatic rings. The molecular formula is C15H24N2O. The Morgan fingerprint density at radius 3 is 2.72 bits per heavy atom. The minimum absolute atomic E-state index is 0.128. The molecule has 2 rings (SSSR count). The second-order valence-corrected chi connectivity index (χ2v) is 5.11. The van der Waals surface area contributed by atoms with Crippen LogP contribution in [-0.2, 0) is 4.74 Å². The summed E-state index contributed by atoms with van der Waals surface area (Å²) in [5.41, 5.74) is 7.51. The van der Waals surface area contributed by atoms with Crippen LogP contribution in [0, 0.1) is 0 Å². The molecule has 3 atom stereocenters. The highest BCUT2D eigenvalue weighted by Gasteiger charge is 2.28. The number of nitrogens with two attached hydrogens (primary N) is 1. The van der Waals surface area contributed by atoms with Gasteiger partial charge < -0.3 is 10.5 Å². The van der Waals surface area contributed by atoms with Crippen LogP contribution in [0.2, 0.25) is 0 Å². The Morgan fingerprint density at radius 1 is 1.39 bits per heavy atom. The Morgan fingerprint density at radius 2 is 2.11 bits per heavy atom. The van der Waals surface area contributed by atoms with E-state index in [4.69, 9.17) is 10.5 Å². The smallest absolute Gasteiger partial charge is 0.0700 e. The molecule has 2 N–H and O–H groups in total. The van der Waals surface area contributed by atoms with E-state index >= 15 is 0 Å². The summed E-state index contributed by atoms with van der Waals surface area (Å²) in [5, 5.41) is 0. The van der Waals surface area contributed by atoms with Gasteiger partial charge in [-0.1, -0.05) is 37.3 Å². The van der Waals surface area contributed by atoms with Gasteiger partial charge >= 0.3 is 0 Å². The first-order valence-corrected chi connectivity index (χ1v) is 6.88. The molecule has 0 bridgehead atoms. The van der Waals surface area contributed by atoms with Crippen LogP contribution < -0.4 is 5.73 Å². The molecule has 0 aromatic heterocycles. The molecule has 1 aromatic rings. The normalized spacial score (nSPS) is 24.7. The summed E-state index contributed by atoms with van der Waals surface area (Å²) in [5.74, 6) is 0. The van der Waals surface area contributed by atoms with Gasteiger partial charge in [0.25, 0.3) is 0 Å². The molecule has 0 spiro atoms. The highest BCUT2D eigenvalue weighted by atomic mass is 16.5. The average Bonchev–Trinajstić information content (AvgIpc) is 2.40. The molecule has 100 valence electrons. The molecule has 0 aliphatic carbocycles. The molecule has 0 amide bonds. The van der Waals surface area contributed by atoms with Crippen LogP contribution in [0.15, 0.2) is 30.3 Å². The summed E-state index contributed by atoms with van der Waals surface area (Å²) in [6, 6.07) is 11.0. The third-order valence-corrected chi connectivity index (χ3v) is 3.66. The van der Waals surface area contributed by atoms with E-state index in [9.17, 15) is 0 Å². The van der Waals surface area contributed by atoms with Crippen molar-refractivity contribution in [1.82, 2.24) is 4.90 Å². The van der Waals surface area contributed by atoms with E-state index in [2.05, 4.69) is 49.1 Å². The van der Waals surface area contributed by atoms with Crippen molar-refractivity contribution in [2.45, 2.75) is 38.5 Å².